The van der Waals surface area contributed by atoms with E-state index in [0.717, 1.165) is 0 Å². The Morgan fingerprint density at radius 2 is 2.05 bits per heavy atom. The lowest BCUT2D eigenvalue weighted by molar-refractivity contribution is 0.0764. The number of halogens is 1. The van der Waals surface area contributed by atoms with Crippen molar-refractivity contribution in [1.29, 1.82) is 0 Å². The van der Waals surface area contributed by atoms with Crippen LogP contribution in [0.2, 0.25) is 5.15 Å². The summed E-state index contributed by atoms with van der Waals surface area (Å²) in [6.45, 7) is 1.68. The molecule has 0 unspecified atom stereocenters. The van der Waals surface area contributed by atoms with Gasteiger partial charge in [0.05, 0.1) is 6.26 Å². The lowest BCUT2D eigenvalue weighted by atomic mass is 10.2. The Morgan fingerprint density at radius 1 is 1.30 bits per heavy atom. The van der Waals surface area contributed by atoms with Crippen molar-refractivity contribution in [3.63, 3.8) is 0 Å². The first-order valence-electron chi connectivity index (χ1n) is 6.24. The molecule has 0 saturated carbocycles. The van der Waals surface area contributed by atoms with Gasteiger partial charge >= 0.3 is 0 Å². The summed E-state index contributed by atoms with van der Waals surface area (Å²) in [5.41, 5.74) is 0.470. The fourth-order valence-electron chi connectivity index (χ4n) is 2.15. The van der Waals surface area contributed by atoms with Crippen LogP contribution in [-0.2, 0) is 10.0 Å². The molecule has 8 heteroatoms. The number of rotatable bonds is 2. The first kappa shape index (κ1) is 15.2. The number of aromatic nitrogens is 1. The van der Waals surface area contributed by atoms with E-state index >= 15 is 0 Å². The minimum atomic E-state index is -3.21. The molecule has 1 aliphatic rings. The molecule has 0 spiro atoms. The van der Waals surface area contributed by atoms with Crippen LogP contribution in [0.25, 0.3) is 0 Å². The van der Waals surface area contributed by atoms with Crippen molar-refractivity contribution in [2.75, 3.05) is 32.4 Å². The smallest absolute Gasteiger partial charge is 0.254 e. The van der Waals surface area contributed by atoms with Crippen molar-refractivity contribution in [3.8, 4) is 0 Å². The molecule has 0 radical (unpaired) electrons. The summed E-state index contributed by atoms with van der Waals surface area (Å²) in [5, 5.41) is 0.267. The van der Waals surface area contributed by atoms with E-state index in [1.54, 1.807) is 11.0 Å². The maximum atomic E-state index is 12.3. The molecule has 0 aromatic carbocycles. The fourth-order valence-corrected chi connectivity index (χ4v) is 3.19. The van der Waals surface area contributed by atoms with Crippen molar-refractivity contribution in [3.05, 3.63) is 29.0 Å². The molecule has 0 bridgehead atoms. The van der Waals surface area contributed by atoms with Crippen LogP contribution in [0.4, 0.5) is 0 Å². The summed E-state index contributed by atoms with van der Waals surface area (Å²) >= 11 is 5.77. The molecule has 0 atom stereocenters. The van der Waals surface area contributed by atoms with Crippen LogP contribution in [0.1, 0.15) is 16.8 Å². The maximum absolute atomic E-state index is 12.3. The molecule has 110 valence electrons. The molecule has 1 aromatic heterocycles. The Balaban J connectivity index is 2.09. The second-order valence-electron chi connectivity index (χ2n) is 4.68. The highest BCUT2D eigenvalue weighted by atomic mass is 35.5. The number of carbonyl (C=O) groups excluding carboxylic acids is 1. The van der Waals surface area contributed by atoms with E-state index in [4.69, 9.17) is 11.6 Å². The predicted molar refractivity (Wildman–Crippen MR) is 76.2 cm³/mol. The third-order valence-corrected chi connectivity index (χ3v) is 4.69. The van der Waals surface area contributed by atoms with E-state index in [9.17, 15) is 13.2 Å². The van der Waals surface area contributed by atoms with Gasteiger partial charge in [0.15, 0.2) is 0 Å². The molecule has 1 saturated heterocycles. The van der Waals surface area contributed by atoms with E-state index in [-0.39, 0.29) is 11.1 Å². The Hall–Kier alpha value is -1.18. The van der Waals surface area contributed by atoms with Crippen LogP contribution >= 0.6 is 11.6 Å². The zero-order valence-electron chi connectivity index (χ0n) is 11.1. The van der Waals surface area contributed by atoms with Gasteiger partial charge in [-0.25, -0.2) is 17.7 Å². The van der Waals surface area contributed by atoms with E-state index < -0.39 is 10.0 Å². The van der Waals surface area contributed by atoms with E-state index in [1.807, 2.05) is 0 Å². The van der Waals surface area contributed by atoms with E-state index in [1.165, 1.54) is 22.8 Å². The quantitative estimate of drug-likeness (QED) is 0.758. The fraction of sp³-hybridized carbons (Fsp3) is 0.500. The molecule has 1 aliphatic heterocycles. The van der Waals surface area contributed by atoms with Gasteiger partial charge < -0.3 is 4.90 Å². The molecule has 1 aromatic rings. The van der Waals surface area contributed by atoms with Crippen LogP contribution < -0.4 is 0 Å². The third-order valence-electron chi connectivity index (χ3n) is 3.18. The molecular weight excluding hydrogens is 302 g/mol. The second kappa shape index (κ2) is 6.07. The van der Waals surface area contributed by atoms with Gasteiger partial charge in [-0.2, -0.15) is 0 Å². The summed E-state index contributed by atoms with van der Waals surface area (Å²) in [5.74, 6) is -0.148. The van der Waals surface area contributed by atoms with Crippen molar-refractivity contribution >= 4 is 27.5 Å². The van der Waals surface area contributed by atoms with Gasteiger partial charge in [-0.3, -0.25) is 4.79 Å². The first-order valence-corrected chi connectivity index (χ1v) is 8.46. The molecule has 2 rings (SSSR count). The molecule has 20 heavy (non-hydrogen) atoms. The highest BCUT2D eigenvalue weighted by Crippen LogP contribution is 2.13. The summed E-state index contributed by atoms with van der Waals surface area (Å²) in [4.78, 5) is 17.8. The minimum Gasteiger partial charge on any atom is -0.337 e. The third kappa shape index (κ3) is 3.68. The van der Waals surface area contributed by atoms with Gasteiger partial charge in [-0.1, -0.05) is 11.6 Å². The van der Waals surface area contributed by atoms with Crippen LogP contribution in [0.3, 0.4) is 0 Å². The number of hydrogen-bond acceptors (Lipinski definition) is 4. The van der Waals surface area contributed by atoms with Crippen molar-refractivity contribution in [2.24, 2.45) is 0 Å². The zero-order valence-corrected chi connectivity index (χ0v) is 12.7. The van der Waals surface area contributed by atoms with Crippen LogP contribution in [0.5, 0.6) is 0 Å². The van der Waals surface area contributed by atoms with Gasteiger partial charge in [-0.05, 0) is 18.6 Å². The van der Waals surface area contributed by atoms with Crippen molar-refractivity contribution in [2.45, 2.75) is 6.42 Å². The molecule has 6 nitrogen and oxygen atoms in total. The number of pyridine rings is 1. The number of sulfonamides is 1. The highest BCUT2D eigenvalue weighted by molar-refractivity contribution is 7.88. The second-order valence-corrected chi connectivity index (χ2v) is 7.04. The number of amides is 1. The molecule has 1 fully saturated rings. The van der Waals surface area contributed by atoms with Crippen LogP contribution in [0, 0.1) is 0 Å². The largest absolute Gasteiger partial charge is 0.337 e. The monoisotopic (exact) mass is 317 g/mol. The van der Waals surface area contributed by atoms with E-state index in [2.05, 4.69) is 4.98 Å². The average molecular weight is 318 g/mol. The van der Waals surface area contributed by atoms with Crippen molar-refractivity contribution in [1.82, 2.24) is 14.2 Å². The van der Waals surface area contributed by atoms with Gasteiger partial charge in [0, 0.05) is 37.9 Å². The highest BCUT2D eigenvalue weighted by Gasteiger charge is 2.24. The first-order chi connectivity index (χ1) is 9.38. The van der Waals surface area contributed by atoms with Crippen LogP contribution in [0.15, 0.2) is 18.3 Å². The number of nitrogens with zero attached hydrogens (tertiary/aromatic N) is 3. The SMILES string of the molecule is CS(=O)(=O)N1CCCN(C(=O)c2ccnc(Cl)c2)CC1. The predicted octanol–water partition coefficient (Wildman–Crippen LogP) is 0.843. The maximum Gasteiger partial charge on any atom is 0.254 e. The summed E-state index contributed by atoms with van der Waals surface area (Å²) < 4.78 is 24.5. The standard InChI is InChI=1S/C12H16ClN3O3S/c1-20(18,19)16-6-2-5-15(7-8-16)12(17)10-3-4-14-11(13)9-10/h3-4,9H,2,5-8H2,1H3. The summed E-state index contributed by atoms with van der Waals surface area (Å²) in [6, 6.07) is 3.12. The number of hydrogen-bond donors (Lipinski definition) is 0. The Kier molecular flexibility index (Phi) is 4.62. The topological polar surface area (TPSA) is 70.6 Å². The molecule has 1 amide bonds. The van der Waals surface area contributed by atoms with Gasteiger partial charge in [0.25, 0.3) is 5.91 Å². The van der Waals surface area contributed by atoms with Crippen molar-refractivity contribution < 1.29 is 13.2 Å². The van der Waals surface area contributed by atoms with Gasteiger partial charge in [0.2, 0.25) is 10.0 Å². The molecule has 0 aliphatic carbocycles. The Bertz CT molecular complexity index is 606. The lowest BCUT2D eigenvalue weighted by Gasteiger charge is -2.21. The summed E-state index contributed by atoms with van der Waals surface area (Å²) in [7, 11) is -3.21. The Morgan fingerprint density at radius 3 is 2.70 bits per heavy atom. The van der Waals surface area contributed by atoms with Gasteiger partial charge in [0.1, 0.15) is 5.15 Å². The van der Waals surface area contributed by atoms with Gasteiger partial charge in [-0.15, -0.1) is 0 Å². The molecule has 2 heterocycles. The number of carbonyl (C=O) groups is 1. The normalized spacial score (nSPS) is 17.8. The van der Waals surface area contributed by atoms with E-state index in [0.29, 0.717) is 38.2 Å². The Labute approximate surface area is 123 Å². The van der Waals surface area contributed by atoms with Crippen LogP contribution in [-0.4, -0.2) is 60.9 Å². The average Bonchev–Trinajstić information content (AvgIpc) is 2.63. The molecular formula is C12H16ClN3O3S. The zero-order chi connectivity index (χ0) is 14.8. The molecule has 0 N–H and O–H groups in total. The summed E-state index contributed by atoms with van der Waals surface area (Å²) in [6.07, 6.45) is 3.29. The lowest BCUT2D eigenvalue weighted by Crippen LogP contribution is -2.36. The minimum absolute atomic E-state index is 0.148.